The summed E-state index contributed by atoms with van der Waals surface area (Å²) in [4.78, 5) is 65.3. The number of amides is 4. The molecule has 16 nitrogen and oxygen atoms in total. The van der Waals surface area contributed by atoms with Crippen molar-refractivity contribution >= 4 is 46.4 Å². The molecule has 0 saturated carbocycles. The minimum Gasteiger partial charge on any atom is -0.612 e. The van der Waals surface area contributed by atoms with Crippen molar-refractivity contribution < 1.29 is 38.7 Å². The van der Waals surface area contributed by atoms with Gasteiger partial charge in [-0.05, 0) is 54.0 Å². The van der Waals surface area contributed by atoms with Crippen LogP contribution in [0.5, 0.6) is 0 Å². The fourth-order valence-corrected chi connectivity index (χ4v) is 6.90. The van der Waals surface area contributed by atoms with Crippen molar-refractivity contribution in [3.8, 4) is 0 Å². The van der Waals surface area contributed by atoms with Crippen LogP contribution < -0.4 is 20.8 Å². The van der Waals surface area contributed by atoms with E-state index in [2.05, 4.69) is 11.0 Å². The Morgan fingerprint density at radius 1 is 0.549 bits per heavy atom. The van der Waals surface area contributed by atoms with Crippen LogP contribution in [0.1, 0.15) is 11.1 Å². The molecule has 4 heterocycles. The van der Waals surface area contributed by atoms with Gasteiger partial charge in [-0.3, -0.25) is 39.8 Å². The van der Waals surface area contributed by atoms with Gasteiger partial charge in [0.15, 0.2) is 12.2 Å². The van der Waals surface area contributed by atoms with Gasteiger partial charge in [-0.25, -0.2) is 9.80 Å². The Morgan fingerprint density at radius 2 is 0.922 bits per heavy atom. The van der Waals surface area contributed by atoms with E-state index in [1.165, 1.54) is 36.5 Å². The molecule has 256 valence electrons. The number of nitrogens with zero attached hydrogens (tertiary/aromatic N) is 4. The Kier molecular flexibility index (Phi) is 7.39. The Bertz CT molecular complexity index is 2020. The van der Waals surface area contributed by atoms with Crippen LogP contribution in [0, 0.1) is 32.7 Å². The second kappa shape index (κ2) is 12.0. The fraction of sp³-hybridized carbons (Fsp3) is 0.143. The summed E-state index contributed by atoms with van der Waals surface area (Å²) in [5.74, 6) is -4.50. The van der Waals surface area contributed by atoms with E-state index >= 15 is 0 Å². The van der Waals surface area contributed by atoms with Gasteiger partial charge in [0.05, 0.1) is 33.9 Å². The minimum absolute atomic E-state index is 0.150. The number of anilines is 2. The normalized spacial score (nSPS) is 27.8. The van der Waals surface area contributed by atoms with E-state index in [0.29, 0.717) is 17.8 Å². The molecule has 4 aliphatic heterocycles. The Balaban J connectivity index is 0.973. The first kappa shape index (κ1) is 31.5. The summed E-state index contributed by atoms with van der Waals surface area (Å²) in [7, 11) is 0. The number of benzene rings is 2. The van der Waals surface area contributed by atoms with Gasteiger partial charge in [0.2, 0.25) is 23.2 Å². The average molecular weight is 689 g/mol. The first-order chi connectivity index (χ1) is 24.6. The summed E-state index contributed by atoms with van der Waals surface area (Å²) in [5, 5.41) is 46.4. The van der Waals surface area contributed by atoms with Gasteiger partial charge in [-0.1, -0.05) is 48.6 Å². The van der Waals surface area contributed by atoms with E-state index in [4.69, 9.17) is 9.68 Å². The van der Waals surface area contributed by atoms with Crippen molar-refractivity contribution in [1.29, 1.82) is 0 Å². The summed E-state index contributed by atoms with van der Waals surface area (Å²) in [5.41, 5.74) is 7.59. The molecule has 2 aliphatic carbocycles. The maximum absolute atomic E-state index is 13.5. The zero-order chi connectivity index (χ0) is 35.6. The number of hydrogen-bond donors (Lipinski definition) is 2. The number of carbonyl (C=O) groups excluding carboxylic acids is 4. The molecule has 8 rings (SSSR count). The minimum atomic E-state index is -1.18. The van der Waals surface area contributed by atoms with Crippen molar-refractivity contribution in [1.82, 2.24) is 11.0 Å². The van der Waals surface area contributed by atoms with Gasteiger partial charge >= 0.3 is 0 Å². The van der Waals surface area contributed by atoms with Gasteiger partial charge in [0.25, 0.3) is 11.8 Å². The number of imide groups is 2. The molecule has 2 aromatic carbocycles. The average Bonchev–Trinajstić information content (AvgIpc) is 3.88. The van der Waals surface area contributed by atoms with Crippen molar-refractivity contribution in [2.75, 3.05) is 9.80 Å². The molecule has 16 heteroatoms. The van der Waals surface area contributed by atoms with Gasteiger partial charge in [-0.2, -0.15) is 9.80 Å². The maximum atomic E-state index is 13.5. The van der Waals surface area contributed by atoms with Gasteiger partial charge in [-0.15, -0.1) is 0 Å². The Hall–Kier alpha value is -6.78. The molecule has 0 aromatic heterocycles. The molecular formula is C35H24N6O10-2. The van der Waals surface area contributed by atoms with Crippen LogP contribution in [-0.4, -0.2) is 57.1 Å². The van der Waals surface area contributed by atoms with Crippen LogP contribution >= 0.6 is 0 Å². The largest absolute Gasteiger partial charge is 0.612 e. The standard InChI is InChI=1S/C35H24N6O10/c42-32-26-28(22-5-1-3-7-24(22)40(46)47)36-50-30(26)34(44)38(32)20-13-9-18(10-14-20)17-19-11-15-21(16-12-19)39-33(43)27-29(37-51-31(27)35(39)45)23-6-2-4-8-25(23)41(48)49/h1-16,26-27,30-31,36-37H,17H2/q-2. The lowest BCUT2D eigenvalue weighted by atomic mass is 9.94. The van der Waals surface area contributed by atoms with Crippen LogP contribution in [-0.2, 0) is 35.3 Å². The highest BCUT2D eigenvalue weighted by Crippen LogP contribution is 2.39. The predicted molar refractivity (Wildman–Crippen MR) is 178 cm³/mol. The zero-order valence-corrected chi connectivity index (χ0v) is 26.1. The fourth-order valence-electron chi connectivity index (χ4n) is 6.90. The molecule has 51 heavy (non-hydrogen) atoms. The Morgan fingerprint density at radius 3 is 1.29 bits per heavy atom. The lowest BCUT2D eigenvalue weighted by molar-refractivity contribution is -0.377. The number of nitrogens with one attached hydrogen (secondary N) is 2. The lowest BCUT2D eigenvalue weighted by Gasteiger charge is -2.19. The van der Waals surface area contributed by atoms with E-state index in [-0.39, 0.29) is 34.0 Å². The molecule has 0 bridgehead atoms. The van der Waals surface area contributed by atoms with Crippen molar-refractivity contribution in [2.45, 2.75) is 18.6 Å². The first-order valence-electron chi connectivity index (χ1n) is 15.6. The van der Waals surface area contributed by atoms with E-state index in [1.807, 2.05) is 0 Å². The molecule has 4 amide bonds. The highest BCUT2D eigenvalue weighted by atomic mass is 16.8. The quantitative estimate of drug-likeness (QED) is 0.267. The van der Waals surface area contributed by atoms with Crippen LogP contribution in [0.3, 0.4) is 0 Å². The molecule has 4 unspecified atom stereocenters. The third kappa shape index (κ3) is 5.00. The van der Waals surface area contributed by atoms with Crippen LogP contribution in [0.15, 0.2) is 120 Å². The third-order valence-corrected chi connectivity index (χ3v) is 9.30. The molecular weight excluding hydrogens is 664 g/mol. The second-order valence-electron chi connectivity index (χ2n) is 12.1. The predicted octanol–water partition coefficient (Wildman–Crippen LogP) is 1.72. The number of rotatable bonds is 4. The molecule has 0 radical (unpaired) electrons. The summed E-state index contributed by atoms with van der Waals surface area (Å²) < 4.78 is 0. The van der Waals surface area contributed by atoms with E-state index in [1.54, 1.807) is 60.7 Å². The molecule has 2 aromatic rings. The van der Waals surface area contributed by atoms with Gasteiger partial charge in [0, 0.05) is 12.2 Å². The number of hydroxylamine groups is 2. The van der Waals surface area contributed by atoms with E-state index < -0.39 is 57.5 Å². The lowest BCUT2D eigenvalue weighted by Crippen LogP contribution is -2.35. The monoisotopic (exact) mass is 688 g/mol. The van der Waals surface area contributed by atoms with E-state index in [0.717, 1.165) is 20.9 Å². The topological polar surface area (TPSA) is 216 Å². The van der Waals surface area contributed by atoms with Gasteiger partial charge < -0.3 is 20.8 Å². The summed E-state index contributed by atoms with van der Waals surface area (Å²) in [6.45, 7) is 0. The molecule has 0 spiro atoms. The first-order valence-corrected chi connectivity index (χ1v) is 15.6. The highest BCUT2D eigenvalue weighted by Gasteiger charge is 2.57. The van der Waals surface area contributed by atoms with Crippen molar-refractivity contribution in [2.24, 2.45) is 11.8 Å². The maximum Gasteiger partial charge on any atom is 0.266 e. The SMILES string of the molecule is O=C1C2ONC(=C3C=CC=CC3=[N+]([O-])[O-])C2C(=O)N1c1ccc(Cc2ccc(N3C(=O)C4ONC(=C5C=CC=CC5=[N+]([O-])[O-])C4C3=O)cc2)cc1. The smallest absolute Gasteiger partial charge is 0.266 e. The molecule has 4 atom stereocenters. The zero-order valence-electron chi connectivity index (χ0n) is 26.1. The number of allylic oxidation sites excluding steroid dienone is 10. The third-order valence-electron chi connectivity index (χ3n) is 9.30. The van der Waals surface area contributed by atoms with Gasteiger partial charge in [0.1, 0.15) is 11.8 Å². The summed E-state index contributed by atoms with van der Waals surface area (Å²) in [6, 6.07) is 13.5. The highest BCUT2D eigenvalue weighted by molar-refractivity contribution is 6.26. The van der Waals surface area contributed by atoms with Crippen LogP contribution in [0.4, 0.5) is 11.4 Å². The van der Waals surface area contributed by atoms with Crippen molar-refractivity contribution in [3.63, 3.8) is 0 Å². The second-order valence-corrected chi connectivity index (χ2v) is 12.1. The summed E-state index contributed by atoms with van der Waals surface area (Å²) in [6.07, 6.45) is 9.87. The number of carbonyl (C=O) groups is 4. The van der Waals surface area contributed by atoms with Crippen LogP contribution in [0.25, 0.3) is 0 Å². The number of fused-ring (bicyclic) bond motifs is 2. The summed E-state index contributed by atoms with van der Waals surface area (Å²) >= 11 is 0. The number of hydrogen-bond acceptors (Lipinski definition) is 12. The molecule has 4 fully saturated rings. The molecule has 6 aliphatic rings. The van der Waals surface area contributed by atoms with Crippen LogP contribution in [0.2, 0.25) is 0 Å². The molecule has 4 saturated heterocycles. The van der Waals surface area contributed by atoms with E-state index in [9.17, 15) is 40.0 Å². The van der Waals surface area contributed by atoms with Crippen molar-refractivity contribution in [3.05, 3.63) is 152 Å². The Labute approximate surface area is 287 Å². The molecule has 2 N–H and O–H groups in total.